The zero-order chi connectivity index (χ0) is 17.5. The van der Waals surface area contributed by atoms with E-state index in [1.54, 1.807) is 0 Å². The molecule has 0 aliphatic carbocycles. The van der Waals surface area contributed by atoms with Gasteiger partial charge in [-0.05, 0) is 37.5 Å². The fraction of sp³-hybridized carbons (Fsp3) is 0.286. The van der Waals surface area contributed by atoms with Crippen molar-refractivity contribution in [2.75, 3.05) is 6.61 Å². The molecule has 2 aromatic heterocycles. The molecule has 0 spiro atoms. The van der Waals surface area contributed by atoms with Gasteiger partial charge in [-0.3, -0.25) is 0 Å². The first-order valence-electron chi connectivity index (χ1n) is 9.10. The first-order chi connectivity index (χ1) is 12.8. The molecule has 5 heteroatoms. The molecule has 26 heavy (non-hydrogen) atoms. The van der Waals surface area contributed by atoms with E-state index in [1.165, 1.54) is 5.56 Å². The Kier molecular flexibility index (Phi) is 3.68. The van der Waals surface area contributed by atoms with Crippen molar-refractivity contribution >= 4 is 22.3 Å². The van der Waals surface area contributed by atoms with Crippen molar-refractivity contribution in [2.45, 2.75) is 32.4 Å². The standard InChI is InChI=1S/C21H20N4O/c1-14-7-2-3-9-16(14)20-24-19-21(25(20)13-15-8-6-12-26-15)23-18-11-5-4-10-17(18)22-19/h2-5,7,9-11,15H,6,8,12-13H2,1H3. The lowest BCUT2D eigenvalue weighted by molar-refractivity contribution is 0.0981. The Bertz CT molecular complexity index is 1100. The van der Waals surface area contributed by atoms with Gasteiger partial charge in [-0.15, -0.1) is 0 Å². The summed E-state index contributed by atoms with van der Waals surface area (Å²) in [4.78, 5) is 14.5. The minimum absolute atomic E-state index is 0.212. The van der Waals surface area contributed by atoms with Crippen LogP contribution in [0.4, 0.5) is 0 Å². The number of hydrogen-bond donors (Lipinski definition) is 0. The van der Waals surface area contributed by atoms with Gasteiger partial charge < -0.3 is 9.30 Å². The van der Waals surface area contributed by atoms with Crippen molar-refractivity contribution < 1.29 is 4.74 Å². The van der Waals surface area contributed by atoms with Gasteiger partial charge in [-0.2, -0.15) is 0 Å². The number of rotatable bonds is 3. The van der Waals surface area contributed by atoms with E-state index >= 15 is 0 Å². The van der Waals surface area contributed by atoms with Crippen LogP contribution in [0.25, 0.3) is 33.7 Å². The number of imidazole rings is 1. The summed E-state index contributed by atoms with van der Waals surface area (Å²) in [6.07, 6.45) is 2.41. The van der Waals surface area contributed by atoms with E-state index in [9.17, 15) is 0 Å². The van der Waals surface area contributed by atoms with Crippen molar-refractivity contribution in [3.05, 3.63) is 54.1 Å². The minimum atomic E-state index is 0.212. The van der Waals surface area contributed by atoms with Crippen LogP contribution >= 0.6 is 0 Å². The first-order valence-corrected chi connectivity index (χ1v) is 9.10. The van der Waals surface area contributed by atoms with Crippen molar-refractivity contribution in [1.82, 2.24) is 19.5 Å². The molecule has 0 radical (unpaired) electrons. The fourth-order valence-corrected chi connectivity index (χ4v) is 3.69. The minimum Gasteiger partial charge on any atom is -0.376 e. The number of ether oxygens (including phenoxy) is 1. The summed E-state index contributed by atoms with van der Waals surface area (Å²) in [7, 11) is 0. The quantitative estimate of drug-likeness (QED) is 0.561. The van der Waals surface area contributed by atoms with E-state index in [2.05, 4.69) is 35.8 Å². The number of fused-ring (bicyclic) bond motifs is 2. The normalized spacial score (nSPS) is 17.3. The number of nitrogens with zero attached hydrogens (tertiary/aromatic N) is 4. The van der Waals surface area contributed by atoms with Crippen LogP contribution in [0.15, 0.2) is 48.5 Å². The van der Waals surface area contributed by atoms with Crippen LogP contribution in [0.1, 0.15) is 18.4 Å². The molecule has 1 atom stereocenters. The van der Waals surface area contributed by atoms with Gasteiger partial charge in [0.05, 0.1) is 23.7 Å². The topological polar surface area (TPSA) is 52.8 Å². The van der Waals surface area contributed by atoms with Crippen LogP contribution in [0.3, 0.4) is 0 Å². The molecule has 1 fully saturated rings. The summed E-state index contributed by atoms with van der Waals surface area (Å²) in [5.41, 5.74) is 5.61. The highest BCUT2D eigenvalue weighted by atomic mass is 16.5. The zero-order valence-electron chi connectivity index (χ0n) is 14.7. The Morgan fingerprint density at radius 2 is 1.77 bits per heavy atom. The average molecular weight is 344 g/mol. The highest BCUT2D eigenvalue weighted by Crippen LogP contribution is 2.28. The summed E-state index contributed by atoms with van der Waals surface area (Å²) < 4.78 is 8.07. The third kappa shape index (κ3) is 2.56. The lowest BCUT2D eigenvalue weighted by Gasteiger charge is -2.14. The summed E-state index contributed by atoms with van der Waals surface area (Å²) >= 11 is 0. The van der Waals surface area contributed by atoms with Gasteiger partial charge in [0.15, 0.2) is 11.3 Å². The van der Waals surface area contributed by atoms with Gasteiger partial charge in [-0.1, -0.05) is 36.4 Å². The number of para-hydroxylation sites is 2. The predicted octanol–water partition coefficient (Wildman–Crippen LogP) is 4.13. The lowest BCUT2D eigenvalue weighted by atomic mass is 10.1. The number of benzene rings is 2. The Hall–Kier alpha value is -2.79. The Morgan fingerprint density at radius 1 is 1.00 bits per heavy atom. The third-order valence-electron chi connectivity index (χ3n) is 5.05. The maximum Gasteiger partial charge on any atom is 0.198 e. The van der Waals surface area contributed by atoms with Gasteiger partial charge >= 0.3 is 0 Å². The van der Waals surface area contributed by atoms with E-state index in [0.717, 1.165) is 54.1 Å². The Labute approximate surface area is 151 Å². The average Bonchev–Trinajstić information content (AvgIpc) is 3.29. The SMILES string of the molecule is Cc1ccccc1-c1nc2nc3ccccc3nc2n1CC1CCCO1. The summed E-state index contributed by atoms with van der Waals surface area (Å²) in [6.45, 7) is 3.71. The molecule has 5 nitrogen and oxygen atoms in total. The first kappa shape index (κ1) is 15.5. The second-order valence-corrected chi connectivity index (χ2v) is 6.86. The van der Waals surface area contributed by atoms with Crippen molar-refractivity contribution in [2.24, 2.45) is 0 Å². The molecule has 0 bridgehead atoms. The van der Waals surface area contributed by atoms with Gasteiger partial charge in [0.25, 0.3) is 0 Å². The van der Waals surface area contributed by atoms with E-state index < -0.39 is 0 Å². The summed E-state index contributed by atoms with van der Waals surface area (Å²) in [6, 6.07) is 16.3. The molecule has 0 amide bonds. The van der Waals surface area contributed by atoms with Crippen LogP contribution in [0.2, 0.25) is 0 Å². The van der Waals surface area contributed by atoms with E-state index in [1.807, 2.05) is 24.3 Å². The predicted molar refractivity (Wildman–Crippen MR) is 102 cm³/mol. The second kappa shape index (κ2) is 6.18. The van der Waals surface area contributed by atoms with Gasteiger partial charge in [0.2, 0.25) is 0 Å². The van der Waals surface area contributed by atoms with Gasteiger partial charge in [0.1, 0.15) is 5.82 Å². The molecule has 2 aromatic carbocycles. The molecule has 130 valence electrons. The number of aryl methyl sites for hydroxylation is 1. The Balaban J connectivity index is 1.76. The molecular formula is C21H20N4O. The molecule has 0 N–H and O–H groups in total. The summed E-state index contributed by atoms with van der Waals surface area (Å²) in [5.74, 6) is 0.920. The number of hydrogen-bond acceptors (Lipinski definition) is 4. The van der Waals surface area contributed by atoms with Crippen LogP contribution in [-0.4, -0.2) is 32.2 Å². The lowest BCUT2D eigenvalue weighted by Crippen LogP contribution is -2.16. The fourth-order valence-electron chi connectivity index (χ4n) is 3.69. The molecule has 1 aliphatic rings. The molecule has 1 aliphatic heterocycles. The Morgan fingerprint density at radius 3 is 2.54 bits per heavy atom. The van der Waals surface area contributed by atoms with Crippen LogP contribution in [0.5, 0.6) is 0 Å². The molecular weight excluding hydrogens is 324 g/mol. The van der Waals surface area contributed by atoms with Crippen molar-refractivity contribution in [1.29, 1.82) is 0 Å². The van der Waals surface area contributed by atoms with Gasteiger partial charge in [0, 0.05) is 12.2 Å². The monoisotopic (exact) mass is 344 g/mol. The largest absolute Gasteiger partial charge is 0.376 e. The zero-order valence-corrected chi connectivity index (χ0v) is 14.7. The van der Waals surface area contributed by atoms with E-state index in [-0.39, 0.29) is 6.10 Å². The smallest absolute Gasteiger partial charge is 0.198 e. The second-order valence-electron chi connectivity index (χ2n) is 6.86. The molecule has 1 unspecified atom stereocenters. The highest BCUT2D eigenvalue weighted by Gasteiger charge is 2.22. The number of aromatic nitrogens is 4. The molecule has 5 rings (SSSR count). The maximum absolute atomic E-state index is 5.89. The van der Waals surface area contributed by atoms with Gasteiger partial charge in [-0.25, -0.2) is 15.0 Å². The van der Waals surface area contributed by atoms with Crippen LogP contribution in [0, 0.1) is 6.92 Å². The molecule has 1 saturated heterocycles. The molecule has 0 saturated carbocycles. The molecule has 4 aromatic rings. The van der Waals surface area contributed by atoms with E-state index in [0.29, 0.717) is 5.65 Å². The van der Waals surface area contributed by atoms with E-state index in [4.69, 9.17) is 19.7 Å². The summed E-state index contributed by atoms with van der Waals surface area (Å²) in [5, 5.41) is 0. The highest BCUT2D eigenvalue weighted by molar-refractivity contribution is 5.85. The van der Waals surface area contributed by atoms with Crippen LogP contribution in [-0.2, 0) is 11.3 Å². The van der Waals surface area contributed by atoms with Crippen molar-refractivity contribution in [3.8, 4) is 11.4 Å². The van der Waals surface area contributed by atoms with Crippen molar-refractivity contribution in [3.63, 3.8) is 0 Å². The third-order valence-corrected chi connectivity index (χ3v) is 5.05. The molecule has 3 heterocycles. The van der Waals surface area contributed by atoms with Crippen LogP contribution < -0.4 is 0 Å². The maximum atomic E-state index is 5.89.